The molecule has 0 saturated heterocycles. The molecule has 0 unspecified atom stereocenters. The lowest BCUT2D eigenvalue weighted by atomic mass is 10.1. The number of hydrogen-bond acceptors (Lipinski definition) is 6. The molecule has 0 aliphatic heterocycles. The third-order valence-electron chi connectivity index (χ3n) is 4.15. The summed E-state index contributed by atoms with van der Waals surface area (Å²) in [6.45, 7) is 9.64. The van der Waals surface area contributed by atoms with Gasteiger partial charge in [0.15, 0.2) is 4.88 Å². The van der Waals surface area contributed by atoms with Crippen molar-refractivity contribution in [3.05, 3.63) is 75.6 Å². The Kier molecular flexibility index (Phi) is 10.00. The predicted molar refractivity (Wildman–Crippen MR) is 129 cm³/mol. The summed E-state index contributed by atoms with van der Waals surface area (Å²) in [7, 11) is 0. The van der Waals surface area contributed by atoms with E-state index in [4.69, 9.17) is 9.47 Å². The minimum atomic E-state index is -0.641. The normalized spacial score (nSPS) is 10.8. The number of anilines is 1. The highest BCUT2D eigenvalue weighted by Gasteiger charge is 2.20. The van der Waals surface area contributed by atoms with E-state index < -0.39 is 17.6 Å². The zero-order valence-electron chi connectivity index (χ0n) is 19.4. The van der Waals surface area contributed by atoms with Crippen LogP contribution < -0.4 is 10.1 Å². The molecule has 0 atom stereocenters. The molecule has 33 heavy (non-hydrogen) atoms. The molecule has 1 N–H and O–H groups in total. The van der Waals surface area contributed by atoms with Crippen molar-refractivity contribution in [1.29, 1.82) is 0 Å². The zero-order chi connectivity index (χ0) is 24.4. The fourth-order valence-corrected chi connectivity index (χ4v) is 3.59. The molecular weight excluding hydrogens is 446 g/mol. The number of carbonyl (C=O) groups is 1. The predicted octanol–water partition coefficient (Wildman–Crippen LogP) is 7.59. The topological polar surface area (TPSA) is 60.5 Å². The summed E-state index contributed by atoms with van der Waals surface area (Å²) < 4.78 is 39.2. The van der Waals surface area contributed by atoms with Crippen molar-refractivity contribution in [1.82, 2.24) is 4.98 Å². The van der Waals surface area contributed by atoms with Gasteiger partial charge in [0, 0.05) is 11.4 Å². The average Bonchev–Trinajstić information content (AvgIpc) is 3.16. The van der Waals surface area contributed by atoms with E-state index in [0.717, 1.165) is 0 Å². The van der Waals surface area contributed by atoms with Crippen LogP contribution in [0.1, 0.15) is 54.4 Å². The molecule has 0 aliphatic carbocycles. The van der Waals surface area contributed by atoms with Crippen LogP contribution in [-0.4, -0.2) is 17.6 Å². The molecule has 0 fully saturated rings. The Balaban J connectivity index is 0.00000187. The summed E-state index contributed by atoms with van der Waals surface area (Å²) in [5.74, 6) is -1.13. The third-order valence-corrected chi connectivity index (χ3v) is 5.08. The SMILES string of the molecule is CC.CC/C=C(\Nc1ccc(Oc2nc(C)sc2C(=O)OCC)cc1)c1c(F)cccc1F. The molecule has 0 amide bonds. The fraction of sp³-hybridized carbons (Fsp3) is 0.280. The van der Waals surface area contributed by atoms with Gasteiger partial charge in [0.1, 0.15) is 17.4 Å². The highest BCUT2D eigenvalue weighted by Crippen LogP contribution is 2.31. The van der Waals surface area contributed by atoms with Crippen molar-refractivity contribution < 1.29 is 23.0 Å². The molecule has 0 radical (unpaired) electrons. The van der Waals surface area contributed by atoms with Crippen LogP contribution in [0.15, 0.2) is 48.5 Å². The van der Waals surface area contributed by atoms with Crippen molar-refractivity contribution in [3.63, 3.8) is 0 Å². The average molecular weight is 475 g/mol. The van der Waals surface area contributed by atoms with Gasteiger partial charge in [0.05, 0.1) is 17.2 Å². The van der Waals surface area contributed by atoms with E-state index in [-0.39, 0.29) is 18.1 Å². The van der Waals surface area contributed by atoms with E-state index in [1.807, 2.05) is 20.8 Å². The monoisotopic (exact) mass is 474 g/mol. The molecule has 5 nitrogen and oxygen atoms in total. The van der Waals surface area contributed by atoms with Gasteiger partial charge in [-0.3, -0.25) is 0 Å². The molecule has 176 valence electrons. The molecule has 3 aromatic rings. The van der Waals surface area contributed by atoms with Crippen molar-refractivity contribution in [2.45, 2.75) is 41.0 Å². The number of hydrogen-bond donors (Lipinski definition) is 1. The molecule has 0 bridgehead atoms. The molecule has 3 rings (SSSR count). The van der Waals surface area contributed by atoms with Crippen LogP contribution in [0, 0.1) is 18.6 Å². The van der Waals surface area contributed by atoms with Crippen LogP contribution in [0.5, 0.6) is 11.6 Å². The number of carbonyl (C=O) groups excluding carboxylic acids is 1. The first-order chi connectivity index (χ1) is 15.9. The van der Waals surface area contributed by atoms with Crippen LogP contribution in [0.3, 0.4) is 0 Å². The second-order valence-corrected chi connectivity index (χ2v) is 7.66. The van der Waals surface area contributed by atoms with Gasteiger partial charge in [-0.05, 0) is 56.7 Å². The number of ether oxygens (including phenoxy) is 2. The Labute approximate surface area is 197 Å². The first-order valence-electron chi connectivity index (χ1n) is 10.8. The van der Waals surface area contributed by atoms with Gasteiger partial charge >= 0.3 is 5.97 Å². The molecule has 0 aliphatic rings. The molecular formula is C25H28F2N2O3S. The lowest BCUT2D eigenvalue weighted by Gasteiger charge is -2.14. The van der Waals surface area contributed by atoms with Gasteiger partial charge in [0.2, 0.25) is 5.88 Å². The number of halogens is 2. The Bertz CT molecular complexity index is 1080. The van der Waals surface area contributed by atoms with E-state index in [1.54, 1.807) is 44.2 Å². The summed E-state index contributed by atoms with van der Waals surface area (Å²) in [6.07, 6.45) is 2.31. The van der Waals surface area contributed by atoms with E-state index in [9.17, 15) is 13.6 Å². The van der Waals surface area contributed by atoms with Crippen molar-refractivity contribution in [2.24, 2.45) is 0 Å². The lowest BCUT2D eigenvalue weighted by molar-refractivity contribution is 0.0529. The molecule has 1 heterocycles. The minimum Gasteiger partial charge on any atom is -0.462 e. The number of esters is 1. The van der Waals surface area contributed by atoms with E-state index in [1.165, 1.54) is 29.5 Å². The quantitative estimate of drug-likeness (QED) is 0.341. The van der Waals surface area contributed by atoms with Crippen LogP contribution in [0.4, 0.5) is 14.5 Å². The summed E-state index contributed by atoms with van der Waals surface area (Å²) >= 11 is 1.20. The van der Waals surface area contributed by atoms with Crippen LogP contribution >= 0.6 is 11.3 Å². The van der Waals surface area contributed by atoms with E-state index >= 15 is 0 Å². The fourth-order valence-electron chi connectivity index (χ4n) is 2.85. The van der Waals surface area contributed by atoms with Crippen molar-refractivity contribution in [3.8, 4) is 11.6 Å². The Morgan fingerprint density at radius 3 is 2.30 bits per heavy atom. The molecule has 8 heteroatoms. The number of nitrogens with one attached hydrogen (secondary N) is 1. The highest BCUT2D eigenvalue weighted by atomic mass is 32.1. The summed E-state index contributed by atoms with van der Waals surface area (Å²) in [4.78, 5) is 16.6. The molecule has 0 saturated carbocycles. The molecule has 0 spiro atoms. The second-order valence-electron chi connectivity index (χ2n) is 6.46. The number of aromatic nitrogens is 1. The van der Waals surface area contributed by atoms with Gasteiger partial charge in [-0.15, -0.1) is 11.3 Å². The van der Waals surface area contributed by atoms with E-state index in [0.29, 0.717) is 33.4 Å². The van der Waals surface area contributed by atoms with E-state index in [2.05, 4.69) is 10.3 Å². The Morgan fingerprint density at radius 1 is 1.09 bits per heavy atom. The Morgan fingerprint density at radius 2 is 1.73 bits per heavy atom. The van der Waals surface area contributed by atoms with Gasteiger partial charge in [-0.1, -0.05) is 32.9 Å². The zero-order valence-corrected chi connectivity index (χ0v) is 20.2. The molecule has 2 aromatic carbocycles. The summed E-state index contributed by atoms with van der Waals surface area (Å²) in [5, 5.41) is 3.74. The van der Waals surface area contributed by atoms with Crippen LogP contribution in [-0.2, 0) is 4.74 Å². The van der Waals surface area contributed by atoms with Crippen LogP contribution in [0.2, 0.25) is 0 Å². The maximum Gasteiger partial charge on any atom is 0.354 e. The number of thiazole rings is 1. The largest absolute Gasteiger partial charge is 0.462 e. The summed E-state index contributed by atoms with van der Waals surface area (Å²) in [5.41, 5.74) is 0.850. The maximum atomic E-state index is 14.2. The second kappa shape index (κ2) is 12.7. The number of rotatable bonds is 8. The van der Waals surface area contributed by atoms with Crippen LogP contribution in [0.25, 0.3) is 5.70 Å². The van der Waals surface area contributed by atoms with Gasteiger partial charge in [0.25, 0.3) is 0 Å². The number of allylic oxidation sites excluding steroid dienone is 1. The molecule has 1 aromatic heterocycles. The number of aryl methyl sites for hydroxylation is 1. The van der Waals surface area contributed by atoms with Gasteiger partial charge in [-0.25, -0.2) is 18.6 Å². The maximum absolute atomic E-state index is 14.2. The number of nitrogens with zero attached hydrogens (tertiary/aromatic N) is 1. The minimum absolute atomic E-state index is 0.110. The number of benzene rings is 2. The first kappa shape index (κ1) is 26.0. The Hall–Kier alpha value is -3.26. The summed E-state index contributed by atoms with van der Waals surface area (Å²) in [6, 6.07) is 10.5. The standard InChI is InChI=1S/C23H22F2N2O3S.C2H6/c1-4-7-19(20-17(24)8-6-9-18(20)25)27-15-10-12-16(13-11-15)30-22-21(23(28)29-5-2)31-14(3)26-22;1-2/h6-13,27H,4-5H2,1-3H3;1-2H3/b19-7-;. The van der Waals surface area contributed by atoms with Crippen molar-refractivity contribution in [2.75, 3.05) is 11.9 Å². The highest BCUT2D eigenvalue weighted by molar-refractivity contribution is 7.13. The van der Waals surface area contributed by atoms with Gasteiger partial charge < -0.3 is 14.8 Å². The smallest absolute Gasteiger partial charge is 0.354 e. The first-order valence-corrected chi connectivity index (χ1v) is 11.6. The van der Waals surface area contributed by atoms with Crippen molar-refractivity contribution >= 4 is 28.7 Å². The lowest BCUT2D eigenvalue weighted by Crippen LogP contribution is -2.04. The third kappa shape index (κ3) is 6.86. The van der Waals surface area contributed by atoms with Gasteiger partial charge in [-0.2, -0.15) is 0 Å².